The van der Waals surface area contributed by atoms with Gasteiger partial charge >= 0.3 is 12.0 Å². The molecule has 3 aromatic carbocycles. The minimum Gasteiger partial charge on any atom is -0.493 e. The summed E-state index contributed by atoms with van der Waals surface area (Å²) in [7, 11) is 1.46. The lowest BCUT2D eigenvalue weighted by atomic mass is 9.95. The van der Waals surface area contributed by atoms with Crippen LogP contribution in [0, 0.1) is 6.92 Å². The van der Waals surface area contributed by atoms with Crippen molar-refractivity contribution in [2.75, 3.05) is 20.3 Å². The van der Waals surface area contributed by atoms with Crippen LogP contribution in [0.3, 0.4) is 0 Å². The number of amides is 3. The van der Waals surface area contributed by atoms with Gasteiger partial charge in [-0.25, -0.2) is 15.0 Å². The third-order valence-corrected chi connectivity index (χ3v) is 7.49. The lowest BCUT2D eigenvalue weighted by Crippen LogP contribution is -2.45. The molecule has 0 spiro atoms. The first-order chi connectivity index (χ1) is 21.8. The molecule has 5 rings (SSSR count). The minimum absolute atomic E-state index is 0.190. The third-order valence-electron chi connectivity index (χ3n) is 7.49. The number of aromatic nitrogens is 1. The molecule has 11 heteroatoms. The number of carbonyl (C=O) groups excluding carboxylic acids is 3. The van der Waals surface area contributed by atoms with Crippen molar-refractivity contribution < 1.29 is 28.6 Å². The molecule has 3 N–H and O–H groups in total. The maximum absolute atomic E-state index is 12.7. The van der Waals surface area contributed by atoms with Gasteiger partial charge in [0.05, 0.1) is 31.5 Å². The zero-order chi connectivity index (χ0) is 31.9. The molecule has 11 nitrogen and oxygen atoms in total. The Balaban J connectivity index is 1.27. The van der Waals surface area contributed by atoms with Crippen LogP contribution in [-0.4, -0.2) is 49.0 Å². The number of hydrogen-bond donors (Lipinski definition) is 3. The Labute approximate surface area is 260 Å². The van der Waals surface area contributed by atoms with Crippen LogP contribution in [0.4, 0.5) is 4.79 Å². The van der Waals surface area contributed by atoms with Crippen LogP contribution in [0.25, 0.3) is 10.9 Å². The summed E-state index contributed by atoms with van der Waals surface area (Å²) in [6.07, 6.45) is 1.65. The van der Waals surface area contributed by atoms with E-state index in [9.17, 15) is 14.4 Å². The first kappa shape index (κ1) is 30.9. The van der Waals surface area contributed by atoms with Crippen LogP contribution in [0.2, 0.25) is 0 Å². The summed E-state index contributed by atoms with van der Waals surface area (Å²) in [6.45, 7) is 5.96. The number of esters is 1. The van der Waals surface area contributed by atoms with Crippen molar-refractivity contribution in [3.05, 3.63) is 106 Å². The van der Waals surface area contributed by atoms with Gasteiger partial charge in [0, 0.05) is 34.4 Å². The average Bonchev–Trinajstić information content (AvgIpc) is 3.30. The number of rotatable bonds is 11. The maximum Gasteiger partial charge on any atom is 0.338 e. The summed E-state index contributed by atoms with van der Waals surface area (Å²) in [5.41, 5.74) is 8.00. The lowest BCUT2D eigenvalue weighted by molar-refractivity contribution is -0.139. The topological polar surface area (TPSA) is 132 Å². The molecule has 1 atom stereocenters. The Bertz CT molecular complexity index is 1790. The Morgan fingerprint density at radius 2 is 1.78 bits per heavy atom. The Hall–Kier alpha value is -5.58. The van der Waals surface area contributed by atoms with Gasteiger partial charge in [0.2, 0.25) is 0 Å². The van der Waals surface area contributed by atoms with Gasteiger partial charge < -0.3 is 29.4 Å². The molecule has 3 amide bonds. The number of nitrogens with one attached hydrogen (secondary N) is 3. The molecule has 1 aliphatic heterocycles. The average molecular weight is 610 g/mol. The fraction of sp³-hybridized carbons (Fsp3) is 0.235. The normalized spacial score (nSPS) is 14.7. The first-order valence-electron chi connectivity index (χ1n) is 14.5. The van der Waals surface area contributed by atoms with Gasteiger partial charge in [-0.3, -0.25) is 4.79 Å². The van der Waals surface area contributed by atoms with E-state index in [1.54, 1.807) is 38.3 Å². The summed E-state index contributed by atoms with van der Waals surface area (Å²) >= 11 is 0. The molecule has 0 fully saturated rings. The molecular weight excluding hydrogens is 574 g/mol. The molecule has 4 aromatic rings. The van der Waals surface area contributed by atoms with Crippen molar-refractivity contribution in [1.82, 2.24) is 20.6 Å². The fourth-order valence-corrected chi connectivity index (χ4v) is 5.34. The van der Waals surface area contributed by atoms with Gasteiger partial charge in [-0.15, -0.1) is 0 Å². The van der Waals surface area contributed by atoms with Gasteiger partial charge in [-0.2, -0.15) is 5.10 Å². The van der Waals surface area contributed by atoms with Gasteiger partial charge in [-0.05, 0) is 50.1 Å². The fourth-order valence-electron chi connectivity index (χ4n) is 5.34. The highest BCUT2D eigenvalue weighted by Gasteiger charge is 2.32. The van der Waals surface area contributed by atoms with Crippen LogP contribution in [0.1, 0.15) is 42.3 Å². The van der Waals surface area contributed by atoms with E-state index in [0.717, 1.165) is 22.2 Å². The number of methoxy groups -OCH3 is 1. The summed E-state index contributed by atoms with van der Waals surface area (Å²) < 4.78 is 18.7. The van der Waals surface area contributed by atoms with E-state index in [1.807, 2.05) is 43.3 Å². The van der Waals surface area contributed by atoms with Crippen molar-refractivity contribution in [2.45, 2.75) is 33.4 Å². The Morgan fingerprint density at radius 3 is 2.53 bits per heavy atom. The molecule has 2 heterocycles. The van der Waals surface area contributed by atoms with E-state index in [-0.39, 0.29) is 18.8 Å². The van der Waals surface area contributed by atoms with E-state index >= 15 is 0 Å². The summed E-state index contributed by atoms with van der Waals surface area (Å²) in [5.74, 6) is -0.380. The number of allylic oxidation sites excluding steroid dienone is 1. The number of benzene rings is 3. The number of fused-ring (bicyclic) bond motifs is 1. The number of hydrazone groups is 1. The number of carbonyl (C=O) groups is 3. The van der Waals surface area contributed by atoms with Crippen LogP contribution in [0.15, 0.2) is 89.2 Å². The smallest absolute Gasteiger partial charge is 0.338 e. The second-order valence-electron chi connectivity index (χ2n) is 10.4. The standard InChI is InChI=1S/C34H35N5O6/c1-5-44-33(41)31-21(2)36-34(42)37-32(31)24-15-16-28(29(17-24)43-4)45-20-30(40)38-35-18-26-22(3)39(19-23-11-7-6-8-12-23)27-14-10-9-13-25(26)27/h6-18,32H,5,19-20H2,1-4H3,(H,38,40)(H2,36,37,42)/b35-18-/t32-/m0/s1. The van der Waals surface area contributed by atoms with E-state index in [4.69, 9.17) is 14.2 Å². The van der Waals surface area contributed by atoms with Crippen molar-refractivity contribution in [3.8, 4) is 11.5 Å². The number of urea groups is 1. The molecular formula is C34H35N5O6. The number of para-hydroxylation sites is 1. The monoisotopic (exact) mass is 609 g/mol. The van der Waals surface area contributed by atoms with Crippen LogP contribution in [0.5, 0.6) is 11.5 Å². The Morgan fingerprint density at radius 1 is 1.02 bits per heavy atom. The predicted octanol–water partition coefficient (Wildman–Crippen LogP) is 4.73. The number of ether oxygens (including phenoxy) is 3. The molecule has 0 saturated heterocycles. The van der Waals surface area contributed by atoms with E-state index in [1.165, 1.54) is 12.7 Å². The SMILES string of the molecule is CCOC(=O)C1=C(C)NC(=O)N[C@H]1c1ccc(OCC(=O)N/N=C\c2c(C)n(Cc3ccccc3)c3ccccc23)c(OC)c1. The van der Waals surface area contributed by atoms with E-state index in [2.05, 4.69) is 43.9 Å². The first-order valence-corrected chi connectivity index (χ1v) is 14.5. The van der Waals surface area contributed by atoms with Crippen LogP contribution >= 0.6 is 0 Å². The second kappa shape index (κ2) is 13.8. The summed E-state index contributed by atoms with van der Waals surface area (Å²) in [4.78, 5) is 37.5. The Kier molecular flexibility index (Phi) is 9.47. The minimum atomic E-state index is -0.763. The number of hydrogen-bond acceptors (Lipinski definition) is 7. The van der Waals surface area contributed by atoms with Gasteiger partial charge in [0.15, 0.2) is 18.1 Å². The highest BCUT2D eigenvalue weighted by Crippen LogP contribution is 2.34. The van der Waals surface area contributed by atoms with E-state index in [0.29, 0.717) is 29.3 Å². The van der Waals surface area contributed by atoms with Gasteiger partial charge in [0.25, 0.3) is 5.91 Å². The van der Waals surface area contributed by atoms with E-state index < -0.39 is 23.9 Å². The quantitative estimate of drug-likeness (QED) is 0.128. The van der Waals surface area contributed by atoms with Crippen molar-refractivity contribution in [2.24, 2.45) is 5.10 Å². The van der Waals surface area contributed by atoms with Gasteiger partial charge in [-0.1, -0.05) is 54.6 Å². The maximum atomic E-state index is 12.7. The summed E-state index contributed by atoms with van der Waals surface area (Å²) in [6, 6.07) is 22.0. The summed E-state index contributed by atoms with van der Waals surface area (Å²) in [5, 5.41) is 10.6. The molecule has 0 aliphatic carbocycles. The molecule has 1 aliphatic rings. The largest absolute Gasteiger partial charge is 0.493 e. The molecule has 0 bridgehead atoms. The molecule has 232 valence electrons. The van der Waals surface area contributed by atoms with Crippen molar-refractivity contribution >= 4 is 35.0 Å². The van der Waals surface area contributed by atoms with Crippen LogP contribution < -0.4 is 25.5 Å². The number of nitrogens with zero attached hydrogens (tertiary/aromatic N) is 2. The highest BCUT2D eigenvalue weighted by atomic mass is 16.5. The molecule has 1 aromatic heterocycles. The zero-order valence-electron chi connectivity index (χ0n) is 25.5. The van der Waals surface area contributed by atoms with Crippen LogP contribution in [-0.2, 0) is 20.9 Å². The third kappa shape index (κ3) is 6.82. The zero-order valence-corrected chi connectivity index (χ0v) is 25.5. The highest BCUT2D eigenvalue weighted by molar-refractivity contribution is 6.01. The van der Waals surface area contributed by atoms with Gasteiger partial charge in [0.1, 0.15) is 0 Å². The molecule has 0 saturated carbocycles. The van der Waals surface area contributed by atoms with Crippen molar-refractivity contribution in [3.63, 3.8) is 0 Å². The van der Waals surface area contributed by atoms with Crippen molar-refractivity contribution in [1.29, 1.82) is 0 Å². The molecule has 45 heavy (non-hydrogen) atoms. The lowest BCUT2D eigenvalue weighted by Gasteiger charge is -2.28. The predicted molar refractivity (Wildman–Crippen MR) is 170 cm³/mol. The molecule has 0 radical (unpaired) electrons. The second-order valence-corrected chi connectivity index (χ2v) is 10.4. The molecule has 0 unspecified atom stereocenters.